The quantitative estimate of drug-likeness (QED) is 0.685. The van der Waals surface area contributed by atoms with Gasteiger partial charge < -0.3 is 15.0 Å². The van der Waals surface area contributed by atoms with E-state index in [1.165, 1.54) is 0 Å². The van der Waals surface area contributed by atoms with E-state index in [4.69, 9.17) is 4.74 Å². The fourth-order valence-corrected chi connectivity index (χ4v) is 3.78. The summed E-state index contributed by atoms with van der Waals surface area (Å²) < 4.78 is 5.73. The molecule has 0 spiro atoms. The highest BCUT2D eigenvalue weighted by Gasteiger charge is 2.38. The second-order valence-corrected chi connectivity index (χ2v) is 8.74. The Kier molecular flexibility index (Phi) is 5.90. The van der Waals surface area contributed by atoms with Gasteiger partial charge in [-0.2, -0.15) is 0 Å². The fraction of sp³-hybridized carbons (Fsp3) is 0.280. The lowest BCUT2D eigenvalue weighted by Crippen LogP contribution is -2.49. The van der Waals surface area contributed by atoms with Crippen LogP contribution in [0.25, 0.3) is 11.3 Å². The molecule has 1 aliphatic rings. The van der Waals surface area contributed by atoms with Gasteiger partial charge in [-0.15, -0.1) is 0 Å². The van der Waals surface area contributed by atoms with Crippen molar-refractivity contribution in [3.63, 3.8) is 0 Å². The van der Waals surface area contributed by atoms with Crippen LogP contribution in [0.2, 0.25) is 0 Å². The number of hydrogen-bond acceptors (Lipinski definition) is 5. The zero-order valence-corrected chi connectivity index (χ0v) is 18.4. The van der Waals surface area contributed by atoms with Gasteiger partial charge in [0.1, 0.15) is 11.8 Å². The minimum Gasteiger partial charge on any atom is -0.483 e. The van der Waals surface area contributed by atoms with E-state index >= 15 is 0 Å². The van der Waals surface area contributed by atoms with Crippen LogP contribution < -0.4 is 10.1 Å². The van der Waals surface area contributed by atoms with Crippen LogP contribution in [0, 0.1) is 0 Å². The summed E-state index contributed by atoms with van der Waals surface area (Å²) in [6.07, 6.45) is 4.92. The molecule has 1 N–H and O–H groups in total. The molecule has 0 bridgehead atoms. The molecule has 4 rings (SSSR count). The van der Waals surface area contributed by atoms with E-state index in [0.29, 0.717) is 11.3 Å². The summed E-state index contributed by atoms with van der Waals surface area (Å²) >= 11 is 0. The van der Waals surface area contributed by atoms with Crippen LogP contribution in [0.4, 0.5) is 0 Å². The fourth-order valence-electron chi connectivity index (χ4n) is 3.78. The van der Waals surface area contributed by atoms with Gasteiger partial charge >= 0.3 is 0 Å². The number of rotatable bonds is 4. The van der Waals surface area contributed by atoms with Gasteiger partial charge in [0, 0.05) is 41.8 Å². The molecule has 1 atom stereocenters. The number of carbonyl (C=O) groups is 2. The maximum absolute atomic E-state index is 13.4. The average Bonchev–Trinajstić information content (AvgIpc) is 2.90. The summed E-state index contributed by atoms with van der Waals surface area (Å²) in [5.74, 6) is -0.0603. The predicted molar refractivity (Wildman–Crippen MR) is 121 cm³/mol. The van der Waals surface area contributed by atoms with Crippen LogP contribution in [-0.4, -0.2) is 38.8 Å². The van der Waals surface area contributed by atoms with E-state index in [1.807, 2.05) is 63.2 Å². The van der Waals surface area contributed by atoms with E-state index in [-0.39, 0.29) is 25.0 Å². The third kappa shape index (κ3) is 4.61. The first-order chi connectivity index (χ1) is 15.3. The van der Waals surface area contributed by atoms with Gasteiger partial charge in [-0.1, -0.05) is 30.3 Å². The molecule has 2 aromatic heterocycles. The molecule has 3 aromatic rings. The smallest absolute Gasteiger partial charge is 0.261 e. The van der Waals surface area contributed by atoms with Crippen molar-refractivity contribution < 1.29 is 14.3 Å². The van der Waals surface area contributed by atoms with E-state index in [0.717, 1.165) is 16.8 Å². The second-order valence-electron chi connectivity index (χ2n) is 8.74. The van der Waals surface area contributed by atoms with Crippen molar-refractivity contribution in [1.82, 2.24) is 20.2 Å². The number of carbonyl (C=O) groups excluding carboxylic acids is 2. The molecule has 7 nitrogen and oxygen atoms in total. The molecule has 0 aliphatic carbocycles. The number of aromatic nitrogens is 2. The summed E-state index contributed by atoms with van der Waals surface area (Å²) in [6.45, 7) is 5.80. The van der Waals surface area contributed by atoms with Gasteiger partial charge in [-0.3, -0.25) is 19.6 Å². The largest absolute Gasteiger partial charge is 0.483 e. The monoisotopic (exact) mass is 430 g/mol. The summed E-state index contributed by atoms with van der Waals surface area (Å²) in [7, 11) is 0. The molecule has 0 saturated heterocycles. The lowest BCUT2D eigenvalue weighted by molar-refractivity contribution is -0.142. The summed E-state index contributed by atoms with van der Waals surface area (Å²) in [5, 5.41) is 3.01. The van der Waals surface area contributed by atoms with Gasteiger partial charge in [0.05, 0.1) is 5.69 Å². The lowest BCUT2D eigenvalue weighted by atomic mass is 9.99. The Morgan fingerprint density at radius 1 is 1.12 bits per heavy atom. The highest BCUT2D eigenvalue weighted by Crippen LogP contribution is 2.34. The zero-order valence-electron chi connectivity index (χ0n) is 18.4. The van der Waals surface area contributed by atoms with Crippen LogP contribution in [0.3, 0.4) is 0 Å². The maximum Gasteiger partial charge on any atom is 0.261 e. The van der Waals surface area contributed by atoms with Gasteiger partial charge in [0.15, 0.2) is 6.61 Å². The van der Waals surface area contributed by atoms with Crippen LogP contribution in [0.5, 0.6) is 5.75 Å². The molecule has 2 amide bonds. The molecule has 3 heterocycles. The molecule has 1 aromatic carbocycles. The highest BCUT2D eigenvalue weighted by atomic mass is 16.5. The second kappa shape index (κ2) is 8.78. The first kappa shape index (κ1) is 21.5. The van der Waals surface area contributed by atoms with Crippen molar-refractivity contribution in [2.75, 3.05) is 6.61 Å². The third-order valence-electron chi connectivity index (χ3n) is 5.13. The molecule has 0 radical (unpaired) electrons. The van der Waals surface area contributed by atoms with Crippen molar-refractivity contribution in [3.05, 3.63) is 78.2 Å². The number of ether oxygens (including phenoxy) is 1. The summed E-state index contributed by atoms with van der Waals surface area (Å²) in [4.78, 5) is 36.8. The molecule has 0 saturated carbocycles. The summed E-state index contributed by atoms with van der Waals surface area (Å²) in [6, 6.07) is 14.3. The SMILES string of the molecule is CC(C)(C)NC(=O)C1c2cnccc2OCC(=O)N1Cc1ccccc1-c1ccccn1. The molecule has 164 valence electrons. The standard InChI is InChI=1S/C25H26N4O3/c1-25(2,3)28-24(31)23-19-14-26-13-11-21(19)32-16-22(30)29(23)15-17-8-4-5-9-18(17)20-10-6-7-12-27-20/h4-14,23H,15-16H2,1-3H3,(H,28,31). The Morgan fingerprint density at radius 3 is 2.66 bits per heavy atom. The molecule has 1 aliphatic heterocycles. The predicted octanol–water partition coefficient (Wildman–Crippen LogP) is 3.52. The van der Waals surface area contributed by atoms with Crippen LogP contribution >= 0.6 is 0 Å². The van der Waals surface area contributed by atoms with Crippen LogP contribution in [0.1, 0.15) is 37.9 Å². The maximum atomic E-state index is 13.4. The zero-order chi connectivity index (χ0) is 22.7. The average molecular weight is 431 g/mol. The van der Waals surface area contributed by atoms with Crippen LogP contribution in [0.15, 0.2) is 67.1 Å². The topological polar surface area (TPSA) is 84.4 Å². The number of amides is 2. The minimum atomic E-state index is -0.871. The number of nitrogens with one attached hydrogen (secondary N) is 1. The normalized spacial score (nSPS) is 16.0. The van der Waals surface area contributed by atoms with E-state index < -0.39 is 11.6 Å². The van der Waals surface area contributed by atoms with Crippen LogP contribution in [-0.2, 0) is 16.1 Å². The Labute approximate surface area is 187 Å². The van der Waals surface area contributed by atoms with Gasteiger partial charge in [-0.05, 0) is 44.5 Å². The third-order valence-corrected chi connectivity index (χ3v) is 5.13. The molecule has 0 fully saturated rings. The van der Waals surface area contributed by atoms with E-state index in [2.05, 4.69) is 15.3 Å². The van der Waals surface area contributed by atoms with Gasteiger partial charge in [0.25, 0.3) is 5.91 Å². The van der Waals surface area contributed by atoms with Crippen molar-refractivity contribution in [1.29, 1.82) is 0 Å². The summed E-state index contributed by atoms with van der Waals surface area (Å²) in [5.41, 5.74) is 2.70. The molecular formula is C25H26N4O3. The number of pyridine rings is 2. The van der Waals surface area contributed by atoms with Gasteiger partial charge in [0.2, 0.25) is 5.91 Å². The molecule has 1 unspecified atom stereocenters. The van der Waals surface area contributed by atoms with Crippen molar-refractivity contribution in [2.45, 2.75) is 38.9 Å². The number of benzene rings is 1. The molecular weight excluding hydrogens is 404 g/mol. The number of nitrogens with zero attached hydrogens (tertiary/aromatic N) is 3. The first-order valence-corrected chi connectivity index (χ1v) is 10.5. The Balaban J connectivity index is 1.78. The minimum absolute atomic E-state index is 0.151. The number of hydrogen-bond donors (Lipinski definition) is 1. The Bertz CT molecular complexity index is 1130. The van der Waals surface area contributed by atoms with Crippen molar-refractivity contribution in [2.24, 2.45) is 0 Å². The van der Waals surface area contributed by atoms with Gasteiger partial charge in [-0.25, -0.2) is 0 Å². The Morgan fingerprint density at radius 2 is 1.91 bits per heavy atom. The number of fused-ring (bicyclic) bond motifs is 1. The Hall–Kier alpha value is -3.74. The van der Waals surface area contributed by atoms with Crippen molar-refractivity contribution in [3.8, 4) is 17.0 Å². The molecule has 7 heteroatoms. The van der Waals surface area contributed by atoms with E-state index in [1.54, 1.807) is 29.6 Å². The van der Waals surface area contributed by atoms with E-state index in [9.17, 15) is 9.59 Å². The highest BCUT2D eigenvalue weighted by molar-refractivity contribution is 5.91. The first-order valence-electron chi connectivity index (χ1n) is 10.5. The lowest BCUT2D eigenvalue weighted by Gasteiger charge is -2.32. The van der Waals surface area contributed by atoms with Crippen molar-refractivity contribution >= 4 is 11.8 Å². The molecule has 32 heavy (non-hydrogen) atoms.